The number of aromatic nitrogens is 6. The number of nitrogens with one attached hydrogen (secondary N) is 1. The molecule has 2 fully saturated rings. The quantitative estimate of drug-likeness (QED) is 0.319. The second-order valence-corrected chi connectivity index (χ2v) is 10.6. The molecule has 2 aliphatic rings. The average molecular weight is 499 g/mol. The lowest BCUT2D eigenvalue weighted by Gasteiger charge is -2.39. The Morgan fingerprint density at radius 1 is 1.00 bits per heavy atom. The van der Waals surface area contributed by atoms with Gasteiger partial charge in [0.05, 0.1) is 29.5 Å². The monoisotopic (exact) mass is 498 g/mol. The van der Waals surface area contributed by atoms with E-state index in [-0.39, 0.29) is 0 Å². The van der Waals surface area contributed by atoms with E-state index in [9.17, 15) is 0 Å². The van der Waals surface area contributed by atoms with Gasteiger partial charge >= 0.3 is 0 Å². The predicted molar refractivity (Wildman–Crippen MR) is 144 cm³/mol. The van der Waals surface area contributed by atoms with Gasteiger partial charge in [-0.05, 0) is 60.9 Å². The summed E-state index contributed by atoms with van der Waals surface area (Å²) in [5.74, 6) is 2.62. The molecule has 4 aromatic rings. The number of hydrogen-bond donors (Lipinski definition) is 1. The lowest BCUT2D eigenvalue weighted by atomic mass is 10.1. The van der Waals surface area contributed by atoms with E-state index in [0.717, 1.165) is 72.8 Å². The van der Waals surface area contributed by atoms with Crippen molar-refractivity contribution >= 4 is 22.7 Å². The van der Waals surface area contributed by atoms with Crippen molar-refractivity contribution in [2.75, 3.05) is 31.6 Å². The molecule has 0 bridgehead atoms. The van der Waals surface area contributed by atoms with Crippen LogP contribution in [0.2, 0.25) is 0 Å². The van der Waals surface area contributed by atoms with Crippen molar-refractivity contribution in [2.45, 2.75) is 51.7 Å². The zero-order chi connectivity index (χ0) is 25.2. The van der Waals surface area contributed by atoms with Crippen molar-refractivity contribution in [3.63, 3.8) is 0 Å². The fourth-order valence-corrected chi connectivity index (χ4v) is 4.58. The van der Waals surface area contributed by atoms with Gasteiger partial charge in [-0.2, -0.15) is 10.2 Å². The maximum absolute atomic E-state index is 5.95. The van der Waals surface area contributed by atoms with E-state index in [1.807, 2.05) is 35.3 Å². The summed E-state index contributed by atoms with van der Waals surface area (Å²) >= 11 is 0. The van der Waals surface area contributed by atoms with E-state index in [1.54, 1.807) is 6.20 Å². The molecular formula is C28H34N8O. The zero-order valence-corrected chi connectivity index (χ0v) is 21.5. The van der Waals surface area contributed by atoms with Crippen molar-refractivity contribution in [1.29, 1.82) is 0 Å². The molecule has 1 N–H and O–H groups in total. The standard InChI is InChI=1S/C28H34N8O/c1-19(2)21-11-28(34-30-13-21)33-27-7-6-25-26(32-27)10-22(12-29-25)23-14-31-36(15-23)9-3-8-35-16-24(17-35)37-18-20-4-5-20/h6-7,10-15,19-20,24H,3-5,8-9,16-18H2,1-2H3,(H,32,33,34). The molecule has 6 rings (SSSR count). The molecular weight excluding hydrogens is 464 g/mol. The highest BCUT2D eigenvalue weighted by Gasteiger charge is 2.29. The first-order valence-electron chi connectivity index (χ1n) is 13.3. The molecule has 192 valence electrons. The van der Waals surface area contributed by atoms with Crippen LogP contribution in [0.1, 0.15) is 44.6 Å². The minimum Gasteiger partial charge on any atom is -0.375 e. The lowest BCUT2D eigenvalue weighted by Crippen LogP contribution is -2.52. The highest BCUT2D eigenvalue weighted by atomic mass is 16.5. The fraction of sp³-hybridized carbons (Fsp3) is 0.464. The second kappa shape index (κ2) is 10.5. The maximum Gasteiger partial charge on any atom is 0.154 e. The fourth-order valence-electron chi connectivity index (χ4n) is 4.58. The molecule has 1 saturated heterocycles. The SMILES string of the molecule is CC(C)c1cnnc(Nc2ccc3ncc(-c4cnn(CCCN5CC(OCC6CC6)C5)c4)cc3n2)c1. The number of nitrogens with zero attached hydrogens (tertiary/aromatic N) is 7. The molecule has 37 heavy (non-hydrogen) atoms. The summed E-state index contributed by atoms with van der Waals surface area (Å²) in [5.41, 5.74) is 4.84. The Morgan fingerprint density at radius 2 is 1.89 bits per heavy atom. The highest BCUT2D eigenvalue weighted by Crippen LogP contribution is 2.30. The number of fused-ring (bicyclic) bond motifs is 1. The van der Waals surface area contributed by atoms with E-state index in [4.69, 9.17) is 9.72 Å². The van der Waals surface area contributed by atoms with E-state index < -0.39 is 0 Å². The normalized spacial score (nSPS) is 16.4. The van der Waals surface area contributed by atoms with Crippen molar-refractivity contribution in [3.8, 4) is 11.1 Å². The van der Waals surface area contributed by atoms with E-state index in [2.05, 4.69) is 56.6 Å². The predicted octanol–water partition coefficient (Wildman–Crippen LogP) is 4.65. The van der Waals surface area contributed by atoms with Crippen LogP contribution in [-0.4, -0.2) is 67.2 Å². The topological polar surface area (TPSA) is 93.9 Å². The van der Waals surface area contributed by atoms with Crippen LogP contribution in [0.25, 0.3) is 22.2 Å². The minimum absolute atomic E-state index is 0.382. The Hall–Kier alpha value is -3.43. The summed E-state index contributed by atoms with van der Waals surface area (Å²) < 4.78 is 7.97. The van der Waals surface area contributed by atoms with Gasteiger partial charge in [-0.1, -0.05) is 13.8 Å². The van der Waals surface area contributed by atoms with Gasteiger partial charge in [0.1, 0.15) is 5.82 Å². The van der Waals surface area contributed by atoms with Crippen LogP contribution in [0.3, 0.4) is 0 Å². The van der Waals surface area contributed by atoms with Gasteiger partial charge < -0.3 is 10.1 Å². The number of aryl methyl sites for hydroxylation is 1. The molecule has 1 aliphatic heterocycles. The third-order valence-corrected chi connectivity index (χ3v) is 7.15. The summed E-state index contributed by atoms with van der Waals surface area (Å²) in [6.45, 7) is 9.36. The van der Waals surface area contributed by atoms with Crippen LogP contribution in [0.15, 0.2) is 49.1 Å². The number of pyridine rings is 2. The third kappa shape index (κ3) is 5.94. The van der Waals surface area contributed by atoms with Crippen molar-refractivity contribution in [3.05, 3.63) is 54.6 Å². The number of ether oxygens (including phenoxy) is 1. The van der Waals surface area contributed by atoms with Crippen LogP contribution in [0.5, 0.6) is 0 Å². The third-order valence-electron chi connectivity index (χ3n) is 7.15. The zero-order valence-electron chi connectivity index (χ0n) is 21.5. The molecule has 9 heteroatoms. The molecule has 0 aromatic carbocycles. The minimum atomic E-state index is 0.382. The van der Waals surface area contributed by atoms with Gasteiger partial charge in [0, 0.05) is 56.3 Å². The maximum atomic E-state index is 5.95. The van der Waals surface area contributed by atoms with Crippen LogP contribution in [-0.2, 0) is 11.3 Å². The number of hydrogen-bond acceptors (Lipinski definition) is 8. The molecule has 1 aliphatic carbocycles. The molecule has 0 spiro atoms. The van der Waals surface area contributed by atoms with E-state index in [0.29, 0.717) is 23.7 Å². The lowest BCUT2D eigenvalue weighted by molar-refractivity contribution is -0.0582. The van der Waals surface area contributed by atoms with Crippen molar-refractivity contribution in [1.82, 2.24) is 34.8 Å². The Bertz CT molecular complexity index is 1360. The van der Waals surface area contributed by atoms with Gasteiger partial charge in [-0.3, -0.25) is 14.6 Å². The summed E-state index contributed by atoms with van der Waals surface area (Å²) in [6.07, 6.45) is 11.9. The number of likely N-dealkylation sites (tertiary alicyclic amines) is 1. The van der Waals surface area contributed by atoms with Gasteiger partial charge in [0.15, 0.2) is 5.82 Å². The number of anilines is 2. The summed E-state index contributed by atoms with van der Waals surface area (Å²) in [4.78, 5) is 11.9. The molecule has 0 radical (unpaired) electrons. The van der Waals surface area contributed by atoms with Gasteiger partial charge in [-0.15, -0.1) is 5.10 Å². The van der Waals surface area contributed by atoms with Crippen molar-refractivity contribution < 1.29 is 4.74 Å². The van der Waals surface area contributed by atoms with Crippen LogP contribution >= 0.6 is 0 Å². The first-order valence-corrected chi connectivity index (χ1v) is 13.3. The van der Waals surface area contributed by atoms with Gasteiger partial charge in [-0.25, -0.2) is 4.98 Å². The first-order chi connectivity index (χ1) is 18.1. The molecule has 1 saturated carbocycles. The Balaban J connectivity index is 1.05. The molecule has 0 atom stereocenters. The number of rotatable bonds is 11. The first kappa shape index (κ1) is 23.9. The van der Waals surface area contributed by atoms with Crippen molar-refractivity contribution in [2.24, 2.45) is 5.92 Å². The molecule has 4 aromatic heterocycles. The smallest absolute Gasteiger partial charge is 0.154 e. The Kier molecular flexibility index (Phi) is 6.80. The largest absolute Gasteiger partial charge is 0.375 e. The molecule has 0 unspecified atom stereocenters. The van der Waals surface area contributed by atoms with Crippen LogP contribution in [0.4, 0.5) is 11.6 Å². The second-order valence-electron chi connectivity index (χ2n) is 10.6. The Labute approximate surface area is 217 Å². The van der Waals surface area contributed by atoms with E-state index >= 15 is 0 Å². The van der Waals surface area contributed by atoms with Gasteiger partial charge in [0.2, 0.25) is 0 Å². The Morgan fingerprint density at radius 3 is 2.73 bits per heavy atom. The van der Waals surface area contributed by atoms with E-state index in [1.165, 1.54) is 12.8 Å². The summed E-state index contributed by atoms with van der Waals surface area (Å²) in [5, 5.41) is 16.2. The molecule has 0 amide bonds. The molecule has 9 nitrogen and oxygen atoms in total. The van der Waals surface area contributed by atoms with Crippen LogP contribution in [0, 0.1) is 5.92 Å². The molecule has 5 heterocycles. The highest BCUT2D eigenvalue weighted by molar-refractivity contribution is 5.81. The van der Waals surface area contributed by atoms with Crippen LogP contribution < -0.4 is 5.32 Å². The average Bonchev–Trinajstić information content (AvgIpc) is 3.59. The van der Waals surface area contributed by atoms with Gasteiger partial charge in [0.25, 0.3) is 0 Å². The summed E-state index contributed by atoms with van der Waals surface area (Å²) in [6, 6.07) is 7.95. The summed E-state index contributed by atoms with van der Waals surface area (Å²) in [7, 11) is 0.